The lowest BCUT2D eigenvalue weighted by Crippen LogP contribution is -2.42. The quantitative estimate of drug-likeness (QED) is 0.599. The van der Waals surface area contributed by atoms with Crippen LogP contribution in [0.25, 0.3) is 0 Å². The summed E-state index contributed by atoms with van der Waals surface area (Å²) in [5.74, 6) is -1.37. The highest BCUT2D eigenvalue weighted by molar-refractivity contribution is 7.08. The van der Waals surface area contributed by atoms with E-state index in [1.807, 2.05) is 19.2 Å². The van der Waals surface area contributed by atoms with Gasteiger partial charge in [0.2, 0.25) is 0 Å². The monoisotopic (exact) mass is 355 g/mol. The summed E-state index contributed by atoms with van der Waals surface area (Å²) in [6.07, 6.45) is -0.0668. The maximum atomic E-state index is 11.6. The number of amides is 4. The van der Waals surface area contributed by atoms with Crippen LogP contribution >= 0.6 is 11.3 Å². The van der Waals surface area contributed by atoms with Crippen LogP contribution in [-0.4, -0.2) is 43.5 Å². The van der Waals surface area contributed by atoms with Crippen LogP contribution in [0, 0.1) is 5.92 Å². The Balaban J connectivity index is 2.13. The average molecular weight is 355 g/mol. The molecule has 8 nitrogen and oxygen atoms in total. The molecule has 0 fully saturated rings. The van der Waals surface area contributed by atoms with Crippen molar-refractivity contribution in [2.45, 2.75) is 20.3 Å². The molecule has 1 heterocycles. The second kappa shape index (κ2) is 10.4. The fraction of sp³-hybridized carbons (Fsp3) is 0.467. The molecule has 0 radical (unpaired) electrons. The number of ether oxygens (including phenoxy) is 1. The Morgan fingerprint density at radius 2 is 1.96 bits per heavy atom. The normalized spacial score (nSPS) is 10.1. The van der Waals surface area contributed by atoms with E-state index in [2.05, 4.69) is 10.6 Å². The van der Waals surface area contributed by atoms with E-state index in [-0.39, 0.29) is 24.8 Å². The third-order valence-electron chi connectivity index (χ3n) is 2.69. The minimum absolute atomic E-state index is 0.0668. The molecule has 0 atom stereocenters. The highest BCUT2D eigenvalue weighted by Gasteiger charge is 2.12. The average Bonchev–Trinajstić information content (AvgIpc) is 3.05. The summed E-state index contributed by atoms with van der Waals surface area (Å²) in [5.41, 5.74) is 0.528. The van der Waals surface area contributed by atoms with Crippen LogP contribution in [0.5, 0.6) is 0 Å². The van der Waals surface area contributed by atoms with Crippen LogP contribution in [0.3, 0.4) is 0 Å². The Hall–Kier alpha value is -2.42. The van der Waals surface area contributed by atoms with Gasteiger partial charge in [-0.15, -0.1) is 0 Å². The lowest BCUT2D eigenvalue weighted by Gasteiger charge is -2.09. The number of urea groups is 1. The number of thiophene rings is 1. The number of carbonyl (C=O) groups is 4. The van der Waals surface area contributed by atoms with Gasteiger partial charge in [0, 0.05) is 24.0 Å². The highest BCUT2D eigenvalue weighted by atomic mass is 32.1. The van der Waals surface area contributed by atoms with E-state index >= 15 is 0 Å². The van der Waals surface area contributed by atoms with Gasteiger partial charge in [-0.1, -0.05) is 13.8 Å². The van der Waals surface area contributed by atoms with E-state index in [0.29, 0.717) is 12.1 Å². The molecule has 1 aromatic heterocycles. The van der Waals surface area contributed by atoms with Gasteiger partial charge < -0.3 is 15.4 Å². The van der Waals surface area contributed by atoms with Crippen molar-refractivity contribution in [3.63, 3.8) is 0 Å². The van der Waals surface area contributed by atoms with Crippen LogP contribution in [0.2, 0.25) is 0 Å². The molecule has 0 aliphatic rings. The predicted molar refractivity (Wildman–Crippen MR) is 88.6 cm³/mol. The van der Waals surface area contributed by atoms with Gasteiger partial charge in [-0.25, -0.2) is 4.79 Å². The standard InChI is InChI=1S/C15H21N3O5S/c1-10(2)7-17-15(22)18-12(19)8-23-13(20)3-5-16-14(21)11-4-6-24-9-11/h4,6,9-10H,3,5,7-8H2,1-2H3,(H,16,21)(H2,17,18,19,22). The fourth-order valence-corrected chi connectivity index (χ4v) is 2.13. The highest BCUT2D eigenvalue weighted by Crippen LogP contribution is 2.05. The van der Waals surface area contributed by atoms with Gasteiger partial charge >= 0.3 is 12.0 Å². The Kier molecular flexibility index (Phi) is 8.48. The molecular weight excluding hydrogens is 334 g/mol. The van der Waals surface area contributed by atoms with E-state index in [1.54, 1.807) is 16.8 Å². The zero-order chi connectivity index (χ0) is 17.9. The van der Waals surface area contributed by atoms with Crippen molar-refractivity contribution in [1.82, 2.24) is 16.0 Å². The third kappa shape index (κ3) is 8.28. The number of imide groups is 1. The zero-order valence-electron chi connectivity index (χ0n) is 13.6. The molecule has 0 aliphatic carbocycles. The number of carbonyl (C=O) groups excluding carboxylic acids is 4. The number of nitrogens with one attached hydrogen (secondary N) is 3. The van der Waals surface area contributed by atoms with Gasteiger partial charge in [0.25, 0.3) is 11.8 Å². The summed E-state index contributed by atoms with van der Waals surface area (Å²) in [6, 6.07) is 1.04. The number of hydrogen-bond donors (Lipinski definition) is 3. The maximum Gasteiger partial charge on any atom is 0.321 e. The Morgan fingerprint density at radius 1 is 1.21 bits per heavy atom. The molecule has 0 saturated carbocycles. The molecule has 3 N–H and O–H groups in total. The zero-order valence-corrected chi connectivity index (χ0v) is 14.4. The van der Waals surface area contributed by atoms with Gasteiger partial charge in [-0.2, -0.15) is 11.3 Å². The van der Waals surface area contributed by atoms with Crippen LogP contribution < -0.4 is 16.0 Å². The molecule has 1 rings (SSSR count). The third-order valence-corrected chi connectivity index (χ3v) is 3.37. The first-order chi connectivity index (χ1) is 11.4. The van der Waals surface area contributed by atoms with Crippen LogP contribution in [-0.2, 0) is 14.3 Å². The number of esters is 1. The second-order valence-corrected chi connectivity index (χ2v) is 6.11. The topological polar surface area (TPSA) is 114 Å². The summed E-state index contributed by atoms with van der Waals surface area (Å²) >= 11 is 1.40. The molecule has 0 aromatic carbocycles. The van der Waals surface area contributed by atoms with Crippen molar-refractivity contribution in [2.75, 3.05) is 19.7 Å². The van der Waals surface area contributed by atoms with Gasteiger partial charge in [0.05, 0.1) is 6.42 Å². The largest absolute Gasteiger partial charge is 0.456 e. The van der Waals surface area contributed by atoms with Crippen LogP contribution in [0.4, 0.5) is 4.79 Å². The SMILES string of the molecule is CC(C)CNC(=O)NC(=O)COC(=O)CCNC(=O)c1ccsc1. The van der Waals surface area contributed by atoms with Gasteiger partial charge in [0.15, 0.2) is 6.61 Å². The minimum Gasteiger partial charge on any atom is -0.456 e. The number of hydrogen-bond acceptors (Lipinski definition) is 6. The molecule has 4 amide bonds. The molecule has 0 unspecified atom stereocenters. The van der Waals surface area contributed by atoms with E-state index < -0.39 is 24.5 Å². The summed E-state index contributed by atoms with van der Waals surface area (Å²) in [4.78, 5) is 45.8. The second-order valence-electron chi connectivity index (χ2n) is 5.33. The molecule has 132 valence electrons. The minimum atomic E-state index is -0.716. The van der Waals surface area contributed by atoms with E-state index in [4.69, 9.17) is 4.74 Å². The van der Waals surface area contributed by atoms with Crippen molar-refractivity contribution in [3.8, 4) is 0 Å². The molecular formula is C15H21N3O5S. The van der Waals surface area contributed by atoms with Crippen molar-refractivity contribution in [2.24, 2.45) is 5.92 Å². The smallest absolute Gasteiger partial charge is 0.321 e. The first-order valence-corrected chi connectivity index (χ1v) is 8.36. The molecule has 9 heteroatoms. The van der Waals surface area contributed by atoms with Crippen LogP contribution in [0.1, 0.15) is 30.6 Å². The maximum absolute atomic E-state index is 11.6. The number of rotatable bonds is 8. The van der Waals surface area contributed by atoms with Gasteiger partial charge in [-0.05, 0) is 17.4 Å². The summed E-state index contributed by atoms with van der Waals surface area (Å²) in [6.45, 7) is 3.82. The molecule has 24 heavy (non-hydrogen) atoms. The molecule has 0 aliphatic heterocycles. The Bertz CT molecular complexity index is 572. The van der Waals surface area contributed by atoms with E-state index in [1.165, 1.54) is 11.3 Å². The van der Waals surface area contributed by atoms with Crippen molar-refractivity contribution >= 4 is 35.2 Å². The van der Waals surface area contributed by atoms with Crippen LogP contribution in [0.15, 0.2) is 16.8 Å². The summed E-state index contributed by atoms with van der Waals surface area (Å²) in [5, 5.41) is 10.6. The Morgan fingerprint density at radius 3 is 2.58 bits per heavy atom. The first kappa shape index (κ1) is 19.6. The first-order valence-electron chi connectivity index (χ1n) is 7.42. The van der Waals surface area contributed by atoms with Gasteiger partial charge in [0.1, 0.15) is 0 Å². The predicted octanol–water partition coefficient (Wildman–Crippen LogP) is 0.893. The van der Waals surface area contributed by atoms with Crippen molar-refractivity contribution in [1.29, 1.82) is 0 Å². The summed E-state index contributed by atoms with van der Waals surface area (Å²) < 4.78 is 4.72. The van der Waals surface area contributed by atoms with Gasteiger partial charge in [-0.3, -0.25) is 19.7 Å². The van der Waals surface area contributed by atoms with E-state index in [0.717, 1.165) is 0 Å². The van der Waals surface area contributed by atoms with Crippen molar-refractivity contribution < 1.29 is 23.9 Å². The molecule has 0 bridgehead atoms. The lowest BCUT2D eigenvalue weighted by atomic mass is 10.2. The Labute approximate surface area is 143 Å². The van der Waals surface area contributed by atoms with E-state index in [9.17, 15) is 19.2 Å². The fourth-order valence-electron chi connectivity index (χ4n) is 1.50. The molecule has 0 saturated heterocycles. The lowest BCUT2D eigenvalue weighted by molar-refractivity contribution is -0.148. The molecule has 1 aromatic rings. The summed E-state index contributed by atoms with van der Waals surface area (Å²) in [7, 11) is 0. The molecule has 0 spiro atoms. The van der Waals surface area contributed by atoms with Crippen molar-refractivity contribution in [3.05, 3.63) is 22.4 Å².